The monoisotopic (exact) mass is 231 g/mol. The van der Waals surface area contributed by atoms with Crippen molar-refractivity contribution >= 4 is 5.97 Å². The Labute approximate surface area is 101 Å². The third-order valence-electron chi connectivity index (χ3n) is 3.10. The number of aromatic carboxylic acids is 1. The largest absolute Gasteiger partial charge is 0.478 e. The summed E-state index contributed by atoms with van der Waals surface area (Å²) in [5.74, 6) is -0.860. The smallest absolute Gasteiger partial charge is 0.335 e. The van der Waals surface area contributed by atoms with E-state index in [9.17, 15) is 4.79 Å². The molecule has 0 bridgehead atoms. The molecule has 1 N–H and O–H groups in total. The average Bonchev–Trinajstić information content (AvgIpc) is 2.32. The number of nitrogens with zero attached hydrogens (tertiary/aromatic N) is 1. The Morgan fingerprint density at radius 3 is 2.94 bits per heavy atom. The number of carboxylic acids is 1. The first-order valence-electron chi connectivity index (χ1n) is 5.85. The number of benzene rings is 1. The van der Waals surface area contributed by atoms with Crippen LogP contribution in [0.5, 0.6) is 0 Å². The summed E-state index contributed by atoms with van der Waals surface area (Å²) in [7, 11) is 0. The third-order valence-corrected chi connectivity index (χ3v) is 3.10. The van der Waals surface area contributed by atoms with Crippen molar-refractivity contribution < 1.29 is 9.90 Å². The lowest BCUT2D eigenvalue weighted by Crippen LogP contribution is -2.27. The molecule has 0 aromatic heterocycles. The van der Waals surface area contributed by atoms with Crippen LogP contribution in [-0.4, -0.2) is 29.1 Å². The third kappa shape index (κ3) is 3.17. The first kappa shape index (κ1) is 11.9. The molecule has 0 spiro atoms. The summed E-state index contributed by atoms with van der Waals surface area (Å²) in [4.78, 5) is 13.2. The van der Waals surface area contributed by atoms with E-state index in [1.807, 2.05) is 12.1 Å². The molecule has 0 radical (unpaired) electrons. The van der Waals surface area contributed by atoms with Gasteiger partial charge in [0.25, 0.3) is 0 Å². The molecular weight excluding hydrogens is 214 g/mol. The predicted molar refractivity (Wildman–Crippen MR) is 67.1 cm³/mol. The Bertz CT molecular complexity index is 451. The average molecular weight is 231 g/mol. The highest BCUT2D eigenvalue weighted by Crippen LogP contribution is 2.14. The molecule has 17 heavy (non-hydrogen) atoms. The van der Waals surface area contributed by atoms with Gasteiger partial charge in [-0.25, -0.2) is 4.79 Å². The summed E-state index contributed by atoms with van der Waals surface area (Å²) in [6.45, 7) is 5.00. The minimum Gasteiger partial charge on any atom is -0.478 e. The molecule has 1 aliphatic rings. The molecule has 1 heterocycles. The lowest BCUT2D eigenvalue weighted by Gasteiger charge is -2.25. The van der Waals surface area contributed by atoms with Crippen LogP contribution in [0.3, 0.4) is 0 Å². The van der Waals surface area contributed by atoms with Crippen LogP contribution in [0, 0.1) is 0 Å². The van der Waals surface area contributed by atoms with Crippen LogP contribution < -0.4 is 0 Å². The summed E-state index contributed by atoms with van der Waals surface area (Å²) in [5.41, 5.74) is 2.88. The lowest BCUT2D eigenvalue weighted by molar-refractivity contribution is 0.0696. The van der Waals surface area contributed by atoms with Gasteiger partial charge in [-0.2, -0.15) is 0 Å². The van der Waals surface area contributed by atoms with E-state index in [0.29, 0.717) is 5.56 Å². The van der Waals surface area contributed by atoms with Gasteiger partial charge in [0.2, 0.25) is 0 Å². The van der Waals surface area contributed by atoms with Gasteiger partial charge >= 0.3 is 5.97 Å². The van der Waals surface area contributed by atoms with E-state index in [2.05, 4.69) is 17.9 Å². The second kappa shape index (κ2) is 5.15. The maximum atomic E-state index is 10.9. The molecule has 0 atom stereocenters. The molecule has 0 amide bonds. The molecule has 0 saturated carbocycles. The Morgan fingerprint density at radius 2 is 2.29 bits per heavy atom. The summed E-state index contributed by atoms with van der Waals surface area (Å²) >= 11 is 0. The van der Waals surface area contributed by atoms with Gasteiger partial charge in [0.05, 0.1) is 5.56 Å². The highest BCUT2D eigenvalue weighted by molar-refractivity contribution is 5.87. The minimum absolute atomic E-state index is 0.367. The van der Waals surface area contributed by atoms with Crippen molar-refractivity contribution in [2.45, 2.75) is 19.9 Å². The van der Waals surface area contributed by atoms with Gasteiger partial charge in [-0.3, -0.25) is 4.90 Å². The normalized spacial score (nSPS) is 16.6. The second-order valence-electron chi connectivity index (χ2n) is 4.54. The quantitative estimate of drug-likeness (QED) is 0.813. The first-order chi connectivity index (χ1) is 8.15. The molecule has 0 unspecified atom stereocenters. The van der Waals surface area contributed by atoms with Crippen LogP contribution in [0.4, 0.5) is 0 Å². The van der Waals surface area contributed by atoms with E-state index in [1.54, 1.807) is 12.1 Å². The zero-order valence-electron chi connectivity index (χ0n) is 10.0. The van der Waals surface area contributed by atoms with Gasteiger partial charge in [0, 0.05) is 19.6 Å². The summed E-state index contributed by atoms with van der Waals surface area (Å²) in [6.07, 6.45) is 3.35. The Morgan fingerprint density at radius 1 is 1.47 bits per heavy atom. The molecule has 1 aromatic carbocycles. The van der Waals surface area contributed by atoms with Gasteiger partial charge in [0.15, 0.2) is 0 Å². The lowest BCUT2D eigenvalue weighted by atomic mass is 10.1. The molecule has 90 valence electrons. The highest BCUT2D eigenvalue weighted by Gasteiger charge is 2.10. The van der Waals surface area contributed by atoms with Crippen LogP contribution >= 0.6 is 0 Å². The molecule has 1 aromatic rings. The van der Waals surface area contributed by atoms with Crippen molar-refractivity contribution in [3.05, 3.63) is 47.0 Å². The molecule has 1 aliphatic heterocycles. The molecule has 0 fully saturated rings. The summed E-state index contributed by atoms with van der Waals surface area (Å²) < 4.78 is 0. The Kier molecular flexibility index (Phi) is 3.59. The first-order valence-corrected chi connectivity index (χ1v) is 5.85. The fraction of sp³-hybridized carbons (Fsp3) is 0.357. The molecule has 3 heteroatoms. The summed E-state index contributed by atoms with van der Waals surface area (Å²) in [6, 6.07) is 7.18. The summed E-state index contributed by atoms with van der Waals surface area (Å²) in [5, 5.41) is 8.93. The Hall–Kier alpha value is -1.61. The maximum absolute atomic E-state index is 10.9. The number of carbonyl (C=O) groups is 1. The fourth-order valence-corrected chi connectivity index (χ4v) is 2.02. The fourth-order valence-electron chi connectivity index (χ4n) is 2.02. The van der Waals surface area contributed by atoms with Crippen LogP contribution in [0.25, 0.3) is 0 Å². The molecular formula is C14H17NO2. The van der Waals surface area contributed by atoms with E-state index < -0.39 is 5.97 Å². The van der Waals surface area contributed by atoms with Crippen molar-refractivity contribution in [3.63, 3.8) is 0 Å². The van der Waals surface area contributed by atoms with Gasteiger partial charge in [-0.1, -0.05) is 23.8 Å². The number of carboxylic acid groups (broad SMARTS) is 1. The maximum Gasteiger partial charge on any atom is 0.335 e. The van der Waals surface area contributed by atoms with Crippen molar-refractivity contribution in [1.29, 1.82) is 0 Å². The minimum atomic E-state index is -0.860. The zero-order valence-corrected chi connectivity index (χ0v) is 10.0. The Balaban J connectivity index is 2.04. The number of hydrogen-bond donors (Lipinski definition) is 1. The van der Waals surface area contributed by atoms with Crippen molar-refractivity contribution in [3.8, 4) is 0 Å². The van der Waals surface area contributed by atoms with Crippen molar-refractivity contribution in [2.24, 2.45) is 0 Å². The molecule has 3 nitrogen and oxygen atoms in total. The molecule has 2 rings (SSSR count). The van der Waals surface area contributed by atoms with Crippen LogP contribution in [0.2, 0.25) is 0 Å². The standard InChI is InChI=1S/C14H17NO2/c1-11-5-7-15(8-6-11)10-12-3-2-4-13(9-12)14(16)17/h2-5,9H,6-8,10H2,1H3,(H,16,17). The SMILES string of the molecule is CC1=CCN(Cc2cccc(C(=O)O)c2)CC1. The zero-order chi connectivity index (χ0) is 12.3. The van der Waals surface area contributed by atoms with E-state index in [0.717, 1.165) is 31.6 Å². The van der Waals surface area contributed by atoms with E-state index >= 15 is 0 Å². The topological polar surface area (TPSA) is 40.5 Å². The predicted octanol–water partition coefficient (Wildman–Crippen LogP) is 2.54. The molecule has 0 aliphatic carbocycles. The van der Waals surface area contributed by atoms with Crippen LogP contribution in [0.15, 0.2) is 35.9 Å². The van der Waals surface area contributed by atoms with E-state index in [1.165, 1.54) is 5.57 Å². The van der Waals surface area contributed by atoms with Crippen molar-refractivity contribution in [2.75, 3.05) is 13.1 Å². The van der Waals surface area contributed by atoms with E-state index in [4.69, 9.17) is 5.11 Å². The molecule has 0 saturated heterocycles. The highest BCUT2D eigenvalue weighted by atomic mass is 16.4. The van der Waals surface area contributed by atoms with Crippen LogP contribution in [0.1, 0.15) is 29.3 Å². The van der Waals surface area contributed by atoms with Gasteiger partial charge in [0.1, 0.15) is 0 Å². The van der Waals surface area contributed by atoms with Gasteiger partial charge in [-0.15, -0.1) is 0 Å². The van der Waals surface area contributed by atoms with Crippen LogP contribution in [-0.2, 0) is 6.54 Å². The number of hydrogen-bond acceptors (Lipinski definition) is 2. The van der Waals surface area contributed by atoms with Crippen molar-refractivity contribution in [1.82, 2.24) is 4.90 Å². The van der Waals surface area contributed by atoms with Gasteiger partial charge in [-0.05, 0) is 31.0 Å². The number of rotatable bonds is 3. The van der Waals surface area contributed by atoms with E-state index in [-0.39, 0.29) is 0 Å². The second-order valence-corrected chi connectivity index (χ2v) is 4.54. The van der Waals surface area contributed by atoms with Gasteiger partial charge < -0.3 is 5.11 Å².